The lowest BCUT2D eigenvalue weighted by molar-refractivity contribution is 0.0200. The second-order valence-corrected chi connectivity index (χ2v) is 7.92. The number of nitrogens with zero attached hydrogens (tertiary/aromatic N) is 1. The Morgan fingerprint density at radius 1 is 1.23 bits per heavy atom. The molecule has 1 aromatic carbocycles. The Morgan fingerprint density at radius 2 is 2.00 bits per heavy atom. The highest BCUT2D eigenvalue weighted by Gasteiger charge is 2.17. The maximum absolute atomic E-state index is 12.1. The summed E-state index contributed by atoms with van der Waals surface area (Å²) in [6.07, 6.45) is 3.06. The van der Waals surface area contributed by atoms with Crippen molar-refractivity contribution in [1.29, 1.82) is 0 Å². The number of hydrogen-bond donors (Lipinski definition) is 3. The van der Waals surface area contributed by atoms with Crippen molar-refractivity contribution in [3.63, 3.8) is 0 Å². The lowest BCUT2D eigenvalue weighted by Gasteiger charge is -2.22. The van der Waals surface area contributed by atoms with E-state index in [9.17, 15) is 8.42 Å². The minimum atomic E-state index is -3.33. The molecule has 1 fully saturated rings. The van der Waals surface area contributed by atoms with Crippen LogP contribution in [-0.2, 0) is 21.3 Å². The fraction of sp³-hybridized carbons (Fsp3) is 0.588. The molecule has 0 amide bonds. The lowest BCUT2D eigenvalue weighted by atomic mass is 10.1. The van der Waals surface area contributed by atoms with Crippen molar-refractivity contribution in [3.05, 3.63) is 35.9 Å². The van der Waals surface area contributed by atoms with Gasteiger partial charge in [-0.25, -0.2) is 13.1 Å². The van der Waals surface area contributed by atoms with Gasteiger partial charge in [0.2, 0.25) is 10.0 Å². The van der Waals surface area contributed by atoms with Gasteiger partial charge in [-0.15, -0.1) is 24.0 Å². The van der Waals surface area contributed by atoms with Crippen molar-refractivity contribution < 1.29 is 13.2 Å². The molecule has 3 N–H and O–H groups in total. The van der Waals surface area contributed by atoms with Gasteiger partial charge in [0.1, 0.15) is 0 Å². The molecule has 1 saturated heterocycles. The molecule has 7 nitrogen and oxygen atoms in total. The predicted molar refractivity (Wildman–Crippen MR) is 115 cm³/mol. The van der Waals surface area contributed by atoms with Gasteiger partial charge in [-0.2, -0.15) is 0 Å². The number of halogens is 1. The van der Waals surface area contributed by atoms with E-state index in [1.54, 1.807) is 7.05 Å². The Morgan fingerprint density at radius 3 is 2.65 bits per heavy atom. The molecule has 0 radical (unpaired) electrons. The Hall–Kier alpha value is -0.910. The van der Waals surface area contributed by atoms with E-state index < -0.39 is 10.0 Å². The van der Waals surface area contributed by atoms with E-state index in [-0.39, 0.29) is 42.4 Å². The summed E-state index contributed by atoms with van der Waals surface area (Å²) in [5.41, 5.74) is 1.13. The second-order valence-electron chi connectivity index (χ2n) is 5.99. The number of benzene rings is 1. The van der Waals surface area contributed by atoms with E-state index in [1.807, 2.05) is 30.3 Å². The first kappa shape index (κ1) is 23.1. The number of guanidine groups is 1. The van der Waals surface area contributed by atoms with E-state index in [2.05, 4.69) is 20.3 Å². The Balaban J connectivity index is 0.00000338. The van der Waals surface area contributed by atoms with E-state index in [4.69, 9.17) is 4.74 Å². The van der Waals surface area contributed by atoms with Crippen LogP contribution < -0.4 is 15.4 Å². The van der Waals surface area contributed by atoms with Crippen LogP contribution in [0.2, 0.25) is 0 Å². The normalized spacial score (nSPS) is 18.0. The van der Waals surface area contributed by atoms with Crippen molar-refractivity contribution >= 4 is 40.0 Å². The maximum Gasteiger partial charge on any atom is 0.213 e. The molecule has 0 aliphatic carbocycles. The zero-order valence-corrected chi connectivity index (χ0v) is 18.3. The van der Waals surface area contributed by atoms with E-state index in [0.717, 1.165) is 31.4 Å². The van der Waals surface area contributed by atoms with Gasteiger partial charge in [0.25, 0.3) is 0 Å². The Labute approximate surface area is 173 Å². The summed E-state index contributed by atoms with van der Waals surface area (Å²) in [5.74, 6) is 0.570. The van der Waals surface area contributed by atoms with Crippen molar-refractivity contribution in [2.24, 2.45) is 4.99 Å². The highest BCUT2D eigenvalue weighted by molar-refractivity contribution is 14.0. The number of sulfonamides is 1. The molecule has 0 saturated carbocycles. The summed E-state index contributed by atoms with van der Waals surface area (Å²) < 4.78 is 32.3. The molecule has 1 atom stereocenters. The summed E-state index contributed by atoms with van der Waals surface area (Å²) in [5, 5.41) is 6.18. The second kappa shape index (κ2) is 12.5. The Kier molecular flexibility index (Phi) is 11.1. The molecule has 148 valence electrons. The monoisotopic (exact) mass is 496 g/mol. The van der Waals surface area contributed by atoms with Gasteiger partial charge < -0.3 is 15.4 Å². The SMILES string of the molecule is CN=C(NCCS(=O)(=O)NCC1CCCCO1)NCc1ccccc1.I. The van der Waals surface area contributed by atoms with Gasteiger partial charge >= 0.3 is 0 Å². The minimum Gasteiger partial charge on any atom is -0.377 e. The summed E-state index contributed by atoms with van der Waals surface area (Å²) in [7, 11) is -1.67. The molecule has 2 rings (SSSR count). The molecule has 1 aliphatic heterocycles. The third-order valence-corrected chi connectivity index (χ3v) is 5.34. The summed E-state index contributed by atoms with van der Waals surface area (Å²) in [6.45, 7) is 1.99. The molecule has 0 spiro atoms. The van der Waals surface area contributed by atoms with Crippen molar-refractivity contribution in [2.45, 2.75) is 31.9 Å². The number of aliphatic imine (C=N–C) groups is 1. The van der Waals surface area contributed by atoms with Crippen LogP contribution in [0.1, 0.15) is 24.8 Å². The third kappa shape index (κ3) is 9.15. The van der Waals surface area contributed by atoms with Crippen LogP contribution in [0.3, 0.4) is 0 Å². The summed E-state index contributed by atoms with van der Waals surface area (Å²) in [4.78, 5) is 4.10. The molecular weight excluding hydrogens is 467 g/mol. The molecular formula is C17H29IN4O3S. The van der Waals surface area contributed by atoms with Crippen molar-refractivity contribution in [3.8, 4) is 0 Å². The van der Waals surface area contributed by atoms with Crippen LogP contribution in [0.15, 0.2) is 35.3 Å². The fourth-order valence-corrected chi connectivity index (χ4v) is 3.52. The zero-order chi connectivity index (χ0) is 18.0. The quantitative estimate of drug-likeness (QED) is 0.288. The van der Waals surface area contributed by atoms with Crippen LogP contribution in [0.5, 0.6) is 0 Å². The molecule has 26 heavy (non-hydrogen) atoms. The molecule has 0 aromatic heterocycles. The highest BCUT2D eigenvalue weighted by Crippen LogP contribution is 2.11. The van der Waals surface area contributed by atoms with E-state index in [1.165, 1.54) is 0 Å². The first-order chi connectivity index (χ1) is 12.1. The summed E-state index contributed by atoms with van der Waals surface area (Å²) in [6, 6.07) is 9.94. The van der Waals surface area contributed by atoms with E-state index >= 15 is 0 Å². The standard InChI is InChI=1S/C17H28N4O3S.HI/c1-18-17(20-13-15-7-3-2-4-8-15)19-10-12-25(22,23)21-14-16-9-5-6-11-24-16;/h2-4,7-8,16,21H,5-6,9-14H2,1H3,(H2,18,19,20);1H. The summed E-state index contributed by atoms with van der Waals surface area (Å²) >= 11 is 0. The van der Waals surface area contributed by atoms with Crippen LogP contribution in [0.4, 0.5) is 0 Å². The first-order valence-electron chi connectivity index (χ1n) is 8.66. The number of nitrogens with one attached hydrogen (secondary N) is 3. The van der Waals surface area contributed by atoms with Gasteiger partial charge in [-0.3, -0.25) is 4.99 Å². The van der Waals surface area contributed by atoms with Crippen molar-refractivity contribution in [2.75, 3.05) is 32.5 Å². The molecule has 1 heterocycles. The third-order valence-electron chi connectivity index (χ3n) is 3.99. The van der Waals surface area contributed by atoms with Crippen LogP contribution >= 0.6 is 24.0 Å². The zero-order valence-electron chi connectivity index (χ0n) is 15.1. The molecule has 1 aromatic rings. The lowest BCUT2D eigenvalue weighted by Crippen LogP contribution is -2.42. The average Bonchev–Trinajstić information content (AvgIpc) is 2.64. The van der Waals surface area contributed by atoms with Gasteiger partial charge in [-0.05, 0) is 24.8 Å². The number of rotatable bonds is 8. The fourth-order valence-electron chi connectivity index (χ4n) is 2.57. The highest BCUT2D eigenvalue weighted by atomic mass is 127. The van der Waals surface area contributed by atoms with Crippen LogP contribution in [-0.4, -0.2) is 53.0 Å². The Bertz CT molecular complexity index is 635. The minimum absolute atomic E-state index is 0. The van der Waals surface area contributed by atoms with Crippen LogP contribution in [0.25, 0.3) is 0 Å². The predicted octanol–water partition coefficient (Wildman–Crippen LogP) is 1.46. The van der Waals surface area contributed by atoms with Crippen molar-refractivity contribution in [1.82, 2.24) is 15.4 Å². The topological polar surface area (TPSA) is 91.8 Å². The average molecular weight is 496 g/mol. The van der Waals surface area contributed by atoms with Crippen LogP contribution in [0, 0.1) is 0 Å². The van der Waals surface area contributed by atoms with Gasteiger partial charge in [0.05, 0.1) is 11.9 Å². The molecule has 9 heteroatoms. The maximum atomic E-state index is 12.1. The van der Waals surface area contributed by atoms with Gasteiger partial charge in [-0.1, -0.05) is 30.3 Å². The number of ether oxygens (including phenoxy) is 1. The smallest absolute Gasteiger partial charge is 0.213 e. The van der Waals surface area contributed by atoms with Gasteiger partial charge in [0.15, 0.2) is 5.96 Å². The first-order valence-corrected chi connectivity index (χ1v) is 10.3. The largest absolute Gasteiger partial charge is 0.377 e. The number of hydrogen-bond acceptors (Lipinski definition) is 4. The molecule has 1 unspecified atom stereocenters. The molecule has 1 aliphatic rings. The molecule has 0 bridgehead atoms. The van der Waals surface area contributed by atoms with Gasteiger partial charge in [0, 0.05) is 33.3 Å². The van der Waals surface area contributed by atoms with E-state index in [0.29, 0.717) is 19.0 Å².